The zero-order chi connectivity index (χ0) is 15.7. The fourth-order valence-corrected chi connectivity index (χ4v) is 4.00. The summed E-state index contributed by atoms with van der Waals surface area (Å²) in [5, 5.41) is 13.0. The van der Waals surface area contributed by atoms with Crippen LogP contribution in [0.3, 0.4) is 0 Å². The molecule has 2 heterocycles. The lowest BCUT2D eigenvalue weighted by Crippen LogP contribution is -2.27. The quantitative estimate of drug-likeness (QED) is 0.570. The van der Waals surface area contributed by atoms with Gasteiger partial charge < -0.3 is 5.11 Å². The van der Waals surface area contributed by atoms with E-state index in [9.17, 15) is 9.90 Å². The summed E-state index contributed by atoms with van der Waals surface area (Å²) >= 11 is 2.80. The van der Waals surface area contributed by atoms with Crippen molar-refractivity contribution in [1.82, 2.24) is 9.97 Å². The first-order valence-electron chi connectivity index (χ1n) is 6.69. The average molecular weight is 330 g/mol. The summed E-state index contributed by atoms with van der Waals surface area (Å²) in [5.74, 6) is -0.860. The highest BCUT2D eigenvalue weighted by Gasteiger charge is 2.30. The van der Waals surface area contributed by atoms with E-state index in [0.717, 1.165) is 21.3 Å². The van der Waals surface area contributed by atoms with Crippen LogP contribution >= 0.6 is 23.1 Å². The Morgan fingerprint density at radius 3 is 2.64 bits per heavy atom. The Balaban J connectivity index is 2.16. The third-order valence-electron chi connectivity index (χ3n) is 3.29. The van der Waals surface area contributed by atoms with Gasteiger partial charge in [0.1, 0.15) is 20.9 Å². The summed E-state index contributed by atoms with van der Waals surface area (Å²) in [4.78, 5) is 20.9. The van der Waals surface area contributed by atoms with Gasteiger partial charge in [-0.1, -0.05) is 42.1 Å². The second-order valence-corrected chi connectivity index (χ2v) is 7.76. The van der Waals surface area contributed by atoms with E-state index in [2.05, 4.69) is 9.97 Å². The number of carboxylic acid groups (broad SMARTS) is 1. The molecule has 0 radical (unpaired) electrons. The number of carbonyl (C=O) groups is 1. The van der Waals surface area contributed by atoms with Crippen molar-refractivity contribution < 1.29 is 9.90 Å². The van der Waals surface area contributed by atoms with Crippen molar-refractivity contribution in [3.63, 3.8) is 0 Å². The van der Waals surface area contributed by atoms with Crippen LogP contribution in [0.25, 0.3) is 21.3 Å². The molecule has 3 aromatic rings. The molecule has 0 atom stereocenters. The first-order valence-corrected chi connectivity index (χ1v) is 8.38. The molecule has 1 aromatic carbocycles. The molecular weight excluding hydrogens is 316 g/mol. The topological polar surface area (TPSA) is 63.1 Å². The summed E-state index contributed by atoms with van der Waals surface area (Å²) in [5.41, 5.74) is 2.13. The maximum atomic E-state index is 11.4. The van der Waals surface area contributed by atoms with Crippen LogP contribution in [0.2, 0.25) is 0 Å². The monoisotopic (exact) mass is 330 g/mol. The summed E-state index contributed by atoms with van der Waals surface area (Å²) in [6, 6.07) is 10.0. The molecule has 6 heteroatoms. The van der Waals surface area contributed by atoms with Gasteiger partial charge in [-0.05, 0) is 19.4 Å². The van der Waals surface area contributed by atoms with Crippen molar-refractivity contribution in [3.8, 4) is 11.1 Å². The Hall–Kier alpha value is -1.92. The van der Waals surface area contributed by atoms with Crippen molar-refractivity contribution in [2.24, 2.45) is 0 Å². The highest BCUT2D eigenvalue weighted by atomic mass is 32.2. The zero-order valence-electron chi connectivity index (χ0n) is 12.1. The van der Waals surface area contributed by atoms with Gasteiger partial charge in [-0.15, -0.1) is 11.3 Å². The number of rotatable bonds is 4. The van der Waals surface area contributed by atoms with Crippen molar-refractivity contribution >= 4 is 39.3 Å². The van der Waals surface area contributed by atoms with Gasteiger partial charge in [0.05, 0.1) is 5.39 Å². The van der Waals surface area contributed by atoms with E-state index in [1.807, 2.05) is 35.7 Å². The molecule has 0 bridgehead atoms. The standard InChI is InChI=1S/C16H14N2O2S2/c1-16(2,15(19)20)22-14-12-11(10-6-4-3-5-7-10)8-21-13(12)17-9-18-14/h3-9H,1-2H3,(H,19,20). The van der Waals surface area contributed by atoms with E-state index >= 15 is 0 Å². The molecule has 0 aliphatic heterocycles. The Morgan fingerprint density at radius 1 is 1.23 bits per heavy atom. The third kappa shape index (κ3) is 2.71. The van der Waals surface area contributed by atoms with E-state index in [4.69, 9.17) is 0 Å². The Morgan fingerprint density at radius 2 is 1.95 bits per heavy atom. The van der Waals surface area contributed by atoms with Crippen molar-refractivity contribution in [1.29, 1.82) is 0 Å². The number of aromatic nitrogens is 2. The molecule has 1 N–H and O–H groups in total. The summed E-state index contributed by atoms with van der Waals surface area (Å²) in [7, 11) is 0. The lowest BCUT2D eigenvalue weighted by Gasteiger charge is -2.18. The number of carboxylic acids is 1. The molecule has 0 unspecified atom stereocenters. The number of hydrogen-bond donors (Lipinski definition) is 1. The average Bonchev–Trinajstić information content (AvgIpc) is 2.93. The summed E-state index contributed by atoms with van der Waals surface area (Å²) < 4.78 is -0.947. The fraction of sp³-hybridized carbons (Fsp3) is 0.188. The molecule has 0 aliphatic rings. The molecule has 0 saturated heterocycles. The van der Waals surface area contributed by atoms with Gasteiger partial charge in [-0.2, -0.15) is 0 Å². The Bertz CT molecular complexity index is 829. The summed E-state index contributed by atoms with van der Waals surface area (Å²) in [6.45, 7) is 3.37. The van der Waals surface area contributed by atoms with Crippen LogP contribution in [0.1, 0.15) is 13.8 Å². The smallest absolute Gasteiger partial charge is 0.319 e. The zero-order valence-corrected chi connectivity index (χ0v) is 13.7. The van der Waals surface area contributed by atoms with Crippen LogP contribution in [-0.4, -0.2) is 25.8 Å². The number of hydrogen-bond acceptors (Lipinski definition) is 5. The van der Waals surface area contributed by atoms with Gasteiger partial charge in [0.15, 0.2) is 0 Å². The van der Waals surface area contributed by atoms with Crippen LogP contribution in [0, 0.1) is 0 Å². The predicted molar refractivity (Wildman–Crippen MR) is 90.4 cm³/mol. The number of thiophene rings is 1. The molecule has 4 nitrogen and oxygen atoms in total. The molecule has 0 saturated carbocycles. The van der Waals surface area contributed by atoms with Crippen LogP contribution in [0.5, 0.6) is 0 Å². The number of fused-ring (bicyclic) bond motifs is 1. The van der Waals surface area contributed by atoms with E-state index in [1.165, 1.54) is 18.1 Å². The van der Waals surface area contributed by atoms with Gasteiger partial charge in [-0.25, -0.2) is 9.97 Å². The minimum atomic E-state index is -0.947. The van der Waals surface area contributed by atoms with Gasteiger partial charge in [0, 0.05) is 10.9 Å². The van der Waals surface area contributed by atoms with Gasteiger partial charge in [0.2, 0.25) is 0 Å². The predicted octanol–water partition coefficient (Wildman–Crippen LogP) is 4.31. The highest BCUT2D eigenvalue weighted by Crippen LogP contribution is 2.41. The van der Waals surface area contributed by atoms with Gasteiger partial charge in [0.25, 0.3) is 0 Å². The van der Waals surface area contributed by atoms with Gasteiger partial charge in [-0.3, -0.25) is 4.79 Å². The molecule has 22 heavy (non-hydrogen) atoms. The van der Waals surface area contributed by atoms with Gasteiger partial charge >= 0.3 is 5.97 Å². The lowest BCUT2D eigenvalue weighted by molar-refractivity contribution is -0.138. The van der Waals surface area contributed by atoms with Crippen LogP contribution in [-0.2, 0) is 4.79 Å². The Labute approximate surface area is 136 Å². The number of nitrogens with zero attached hydrogens (tertiary/aromatic N) is 2. The molecule has 2 aromatic heterocycles. The number of aliphatic carboxylic acids is 1. The molecule has 0 amide bonds. The van der Waals surface area contributed by atoms with Crippen molar-refractivity contribution in [2.75, 3.05) is 0 Å². The highest BCUT2D eigenvalue weighted by molar-refractivity contribution is 8.01. The minimum Gasteiger partial charge on any atom is -0.480 e. The molecule has 3 rings (SSSR count). The fourth-order valence-electron chi connectivity index (χ4n) is 2.04. The lowest BCUT2D eigenvalue weighted by atomic mass is 10.1. The maximum absolute atomic E-state index is 11.4. The van der Waals surface area contributed by atoms with E-state index < -0.39 is 10.7 Å². The molecular formula is C16H14N2O2S2. The number of benzene rings is 1. The molecule has 112 valence electrons. The van der Waals surface area contributed by atoms with E-state index in [-0.39, 0.29) is 0 Å². The van der Waals surface area contributed by atoms with Crippen molar-refractivity contribution in [3.05, 3.63) is 42.0 Å². The summed E-state index contributed by atoms with van der Waals surface area (Å²) in [6.07, 6.45) is 1.49. The van der Waals surface area contributed by atoms with Crippen LogP contribution in [0.4, 0.5) is 0 Å². The first-order chi connectivity index (χ1) is 10.5. The SMILES string of the molecule is CC(C)(Sc1ncnc2scc(-c3ccccc3)c12)C(=O)O. The largest absolute Gasteiger partial charge is 0.480 e. The van der Waals surface area contributed by atoms with Crippen molar-refractivity contribution in [2.45, 2.75) is 23.6 Å². The van der Waals surface area contributed by atoms with Crippen LogP contribution < -0.4 is 0 Å². The third-order valence-corrected chi connectivity index (χ3v) is 5.36. The molecule has 0 spiro atoms. The number of thioether (sulfide) groups is 1. The van der Waals surface area contributed by atoms with Crippen LogP contribution in [0.15, 0.2) is 47.1 Å². The molecule has 0 aliphatic carbocycles. The minimum absolute atomic E-state index is 0.706. The van der Waals surface area contributed by atoms with E-state index in [1.54, 1.807) is 25.2 Å². The van der Waals surface area contributed by atoms with E-state index in [0.29, 0.717) is 5.03 Å². The molecule has 0 fully saturated rings. The second kappa shape index (κ2) is 5.70. The normalized spacial score (nSPS) is 11.7. The second-order valence-electron chi connectivity index (χ2n) is 5.29. The first kappa shape index (κ1) is 15.0. The maximum Gasteiger partial charge on any atom is 0.319 e. The Kier molecular flexibility index (Phi) is 3.88.